The molecule has 2 atom stereocenters. The first-order chi connectivity index (χ1) is 12.5. The van der Waals surface area contributed by atoms with E-state index in [9.17, 15) is 9.59 Å². The molecule has 26 heavy (non-hydrogen) atoms. The lowest BCUT2D eigenvalue weighted by molar-refractivity contribution is -0.133. The number of hydrazine groups is 1. The van der Waals surface area contributed by atoms with Gasteiger partial charge in [-0.1, -0.05) is 65.7 Å². The van der Waals surface area contributed by atoms with Gasteiger partial charge in [-0.25, -0.2) is 0 Å². The highest BCUT2D eigenvalue weighted by molar-refractivity contribution is 9.10. The number of amides is 2. The van der Waals surface area contributed by atoms with Crippen LogP contribution in [0.2, 0.25) is 0 Å². The summed E-state index contributed by atoms with van der Waals surface area (Å²) in [5.74, 6) is -0.382. The minimum atomic E-state index is -0.744. The molecule has 0 saturated carbocycles. The Balaban J connectivity index is 1.91. The number of carbonyl (C=O) groups excluding carboxylic acids is 2. The summed E-state index contributed by atoms with van der Waals surface area (Å²) in [5, 5.41) is 0. The van der Waals surface area contributed by atoms with E-state index in [1.807, 2.05) is 49.4 Å². The van der Waals surface area contributed by atoms with Crippen LogP contribution in [-0.4, -0.2) is 17.9 Å². The second-order valence-electron chi connectivity index (χ2n) is 5.95. The van der Waals surface area contributed by atoms with Crippen LogP contribution in [0.15, 0.2) is 59.1 Å². The molecule has 0 aliphatic rings. The lowest BCUT2D eigenvalue weighted by atomic mass is 9.94. The normalized spacial score (nSPS) is 12.7. The Hall–Kier alpha value is -2.34. The number of halogens is 1. The van der Waals surface area contributed by atoms with E-state index < -0.39 is 12.0 Å². The van der Waals surface area contributed by atoms with E-state index >= 15 is 0 Å². The van der Waals surface area contributed by atoms with Crippen LogP contribution in [-0.2, 0) is 9.59 Å². The Morgan fingerprint density at radius 1 is 1.04 bits per heavy atom. The fraction of sp³-hybridized carbons (Fsp3) is 0.300. The fourth-order valence-corrected chi connectivity index (χ4v) is 2.91. The summed E-state index contributed by atoms with van der Waals surface area (Å²) in [6, 6.07) is 16.8. The van der Waals surface area contributed by atoms with Crippen LogP contribution in [0, 0.1) is 0 Å². The average Bonchev–Trinajstić information content (AvgIpc) is 2.64. The lowest BCUT2D eigenvalue weighted by Crippen LogP contribution is -2.48. The molecule has 138 valence electrons. The molecule has 0 bridgehead atoms. The summed E-state index contributed by atoms with van der Waals surface area (Å²) in [5.41, 5.74) is 5.90. The molecule has 0 aromatic heterocycles. The first-order valence-electron chi connectivity index (χ1n) is 8.58. The second kappa shape index (κ2) is 9.97. The van der Waals surface area contributed by atoms with Gasteiger partial charge in [0.05, 0.1) is 5.92 Å². The molecule has 0 heterocycles. The van der Waals surface area contributed by atoms with Crippen molar-refractivity contribution in [1.82, 2.24) is 10.9 Å². The highest BCUT2D eigenvalue weighted by atomic mass is 79.9. The largest absolute Gasteiger partial charge is 0.481 e. The van der Waals surface area contributed by atoms with E-state index in [1.165, 1.54) is 0 Å². The zero-order valence-corrected chi connectivity index (χ0v) is 16.5. The van der Waals surface area contributed by atoms with Crippen LogP contribution in [0.1, 0.15) is 38.2 Å². The Labute approximate surface area is 162 Å². The van der Waals surface area contributed by atoms with Gasteiger partial charge in [-0.15, -0.1) is 0 Å². The zero-order chi connectivity index (χ0) is 18.9. The van der Waals surface area contributed by atoms with Crippen molar-refractivity contribution in [3.8, 4) is 5.75 Å². The number of carbonyl (C=O) groups is 2. The molecule has 2 rings (SSSR count). The van der Waals surface area contributed by atoms with Crippen molar-refractivity contribution in [2.45, 2.75) is 38.7 Å². The third kappa shape index (κ3) is 5.88. The van der Waals surface area contributed by atoms with E-state index in [-0.39, 0.29) is 11.8 Å². The average molecular weight is 419 g/mol. The van der Waals surface area contributed by atoms with Crippen molar-refractivity contribution >= 4 is 27.7 Å². The molecule has 0 saturated heterocycles. The van der Waals surface area contributed by atoms with Gasteiger partial charge in [0.2, 0.25) is 5.91 Å². The van der Waals surface area contributed by atoms with E-state index in [2.05, 4.69) is 26.8 Å². The van der Waals surface area contributed by atoms with Crippen molar-refractivity contribution in [3.05, 3.63) is 64.6 Å². The van der Waals surface area contributed by atoms with Gasteiger partial charge in [-0.05, 0) is 37.1 Å². The monoisotopic (exact) mass is 418 g/mol. The van der Waals surface area contributed by atoms with Gasteiger partial charge in [0.1, 0.15) is 5.75 Å². The molecule has 0 unspecified atom stereocenters. The van der Waals surface area contributed by atoms with Crippen LogP contribution < -0.4 is 15.6 Å². The molecule has 0 aliphatic heterocycles. The zero-order valence-electron chi connectivity index (χ0n) is 14.9. The second-order valence-corrected chi connectivity index (χ2v) is 6.86. The summed E-state index contributed by atoms with van der Waals surface area (Å²) in [4.78, 5) is 24.7. The molecule has 0 aliphatic carbocycles. The minimum Gasteiger partial charge on any atom is -0.481 e. The Morgan fingerprint density at radius 3 is 2.38 bits per heavy atom. The maximum atomic E-state index is 12.5. The standard InChI is InChI=1S/C20H23BrN2O3/c1-3-8-18(15-9-5-4-6-10-15)20(25)23-22-19(24)14(2)26-17-12-7-11-16(21)13-17/h4-7,9-14,18H,3,8H2,1-2H3,(H,22,24)(H,23,25)/t14-,18-/m0/s1. The van der Waals surface area contributed by atoms with Gasteiger partial charge in [0.25, 0.3) is 5.91 Å². The molecule has 2 aromatic carbocycles. The molecule has 0 spiro atoms. The summed E-state index contributed by atoms with van der Waals surface area (Å²) >= 11 is 3.35. The predicted molar refractivity (Wildman–Crippen MR) is 105 cm³/mol. The lowest BCUT2D eigenvalue weighted by Gasteiger charge is -2.19. The topological polar surface area (TPSA) is 67.4 Å². The Kier molecular flexibility index (Phi) is 7.66. The number of hydrogen-bond acceptors (Lipinski definition) is 3. The molecular weight excluding hydrogens is 396 g/mol. The summed E-state index contributed by atoms with van der Waals surface area (Å²) in [6.45, 7) is 3.65. The highest BCUT2D eigenvalue weighted by Crippen LogP contribution is 2.21. The SMILES string of the molecule is CCC[C@H](C(=O)NNC(=O)[C@H](C)Oc1cccc(Br)c1)c1ccccc1. The number of hydrogen-bond donors (Lipinski definition) is 2. The van der Waals surface area contributed by atoms with Crippen molar-refractivity contribution in [2.24, 2.45) is 0 Å². The van der Waals surface area contributed by atoms with Gasteiger partial charge in [-0.3, -0.25) is 20.4 Å². The molecule has 0 radical (unpaired) electrons. The summed E-state index contributed by atoms with van der Waals surface area (Å²) < 4.78 is 6.45. The van der Waals surface area contributed by atoms with Gasteiger partial charge in [0, 0.05) is 4.47 Å². The number of benzene rings is 2. The van der Waals surface area contributed by atoms with Gasteiger partial charge >= 0.3 is 0 Å². The maximum Gasteiger partial charge on any atom is 0.279 e. The van der Waals surface area contributed by atoms with Gasteiger partial charge in [0.15, 0.2) is 6.10 Å². The molecule has 2 amide bonds. The van der Waals surface area contributed by atoms with E-state index in [0.29, 0.717) is 12.2 Å². The van der Waals surface area contributed by atoms with E-state index in [1.54, 1.807) is 19.1 Å². The molecule has 2 aromatic rings. The van der Waals surface area contributed by atoms with Crippen molar-refractivity contribution in [2.75, 3.05) is 0 Å². The highest BCUT2D eigenvalue weighted by Gasteiger charge is 2.21. The first kappa shape index (κ1) is 20.0. The Bertz CT molecular complexity index is 737. The van der Waals surface area contributed by atoms with Crippen LogP contribution in [0.25, 0.3) is 0 Å². The fourth-order valence-electron chi connectivity index (χ4n) is 2.53. The molecule has 6 heteroatoms. The third-order valence-electron chi connectivity index (χ3n) is 3.88. The van der Waals surface area contributed by atoms with Crippen molar-refractivity contribution < 1.29 is 14.3 Å². The number of rotatable bonds is 7. The van der Waals surface area contributed by atoms with Crippen LogP contribution in [0.4, 0.5) is 0 Å². The Morgan fingerprint density at radius 2 is 1.73 bits per heavy atom. The molecule has 0 fully saturated rings. The maximum absolute atomic E-state index is 12.5. The quantitative estimate of drug-likeness (QED) is 0.668. The first-order valence-corrected chi connectivity index (χ1v) is 9.37. The van der Waals surface area contributed by atoms with E-state index in [0.717, 1.165) is 16.5 Å². The number of ether oxygens (including phenoxy) is 1. The summed E-state index contributed by atoms with van der Waals surface area (Å²) in [6.07, 6.45) is 0.824. The number of nitrogens with one attached hydrogen (secondary N) is 2. The molecule has 5 nitrogen and oxygen atoms in total. The van der Waals surface area contributed by atoms with Crippen molar-refractivity contribution in [1.29, 1.82) is 0 Å². The molecule has 2 N–H and O–H groups in total. The van der Waals surface area contributed by atoms with Gasteiger partial charge < -0.3 is 4.74 Å². The van der Waals surface area contributed by atoms with Crippen LogP contribution >= 0.6 is 15.9 Å². The molecular formula is C20H23BrN2O3. The predicted octanol–water partition coefficient (Wildman–Crippen LogP) is 3.95. The smallest absolute Gasteiger partial charge is 0.279 e. The summed E-state index contributed by atoms with van der Waals surface area (Å²) in [7, 11) is 0. The van der Waals surface area contributed by atoms with Crippen LogP contribution in [0.3, 0.4) is 0 Å². The van der Waals surface area contributed by atoms with Gasteiger partial charge in [-0.2, -0.15) is 0 Å². The van der Waals surface area contributed by atoms with Crippen LogP contribution in [0.5, 0.6) is 5.75 Å². The van der Waals surface area contributed by atoms with E-state index in [4.69, 9.17) is 4.74 Å². The third-order valence-corrected chi connectivity index (χ3v) is 4.38. The minimum absolute atomic E-state index is 0.235. The van der Waals surface area contributed by atoms with Crippen molar-refractivity contribution in [3.63, 3.8) is 0 Å².